The number of carbonyl (C=O) groups excluding carboxylic acids is 2. The van der Waals surface area contributed by atoms with Crippen LogP contribution in [0.15, 0.2) is 18.2 Å². The van der Waals surface area contributed by atoms with Gasteiger partial charge >= 0.3 is 6.09 Å². The third-order valence-corrected chi connectivity index (χ3v) is 8.08. The molecule has 3 aliphatic heterocycles. The first-order valence-corrected chi connectivity index (χ1v) is 12.6. The molecule has 0 spiro atoms. The molecule has 2 fully saturated rings. The van der Waals surface area contributed by atoms with E-state index in [-0.39, 0.29) is 52.0 Å². The van der Waals surface area contributed by atoms with Crippen molar-refractivity contribution < 1.29 is 32.2 Å². The van der Waals surface area contributed by atoms with Gasteiger partial charge in [-0.2, -0.15) is 17.0 Å². The summed E-state index contributed by atoms with van der Waals surface area (Å²) in [5.41, 5.74) is 0.882. The molecule has 0 saturated carbocycles. The number of benzene rings is 1. The predicted octanol–water partition coefficient (Wildman–Crippen LogP) is 0.762. The van der Waals surface area contributed by atoms with E-state index in [0.717, 1.165) is 5.56 Å². The van der Waals surface area contributed by atoms with Gasteiger partial charge in [-0.3, -0.25) is 4.79 Å². The van der Waals surface area contributed by atoms with Gasteiger partial charge in [0, 0.05) is 45.8 Å². The Morgan fingerprint density at radius 3 is 2.61 bits per heavy atom. The van der Waals surface area contributed by atoms with E-state index >= 15 is 0 Å². The number of ether oxygens (including phenoxy) is 3. The topological polar surface area (TPSA) is 118 Å². The molecule has 12 heteroatoms. The van der Waals surface area contributed by atoms with E-state index < -0.39 is 22.2 Å². The van der Waals surface area contributed by atoms with Crippen LogP contribution in [0.1, 0.15) is 25.3 Å². The summed E-state index contributed by atoms with van der Waals surface area (Å²) >= 11 is 0. The van der Waals surface area contributed by atoms with E-state index in [0.29, 0.717) is 37.4 Å². The molecular formula is C21H30N4O7S. The Labute approximate surface area is 193 Å². The van der Waals surface area contributed by atoms with E-state index in [1.165, 1.54) is 13.5 Å². The van der Waals surface area contributed by atoms with Crippen LogP contribution in [-0.4, -0.2) is 86.6 Å². The Hall–Kier alpha value is -2.57. The number of amides is 2. The van der Waals surface area contributed by atoms with Crippen LogP contribution in [0.3, 0.4) is 0 Å². The first kappa shape index (κ1) is 23.6. The zero-order valence-corrected chi connectivity index (χ0v) is 19.5. The van der Waals surface area contributed by atoms with Crippen molar-refractivity contribution in [2.75, 3.05) is 52.7 Å². The number of piperazine rings is 1. The molecular weight excluding hydrogens is 452 g/mol. The average molecular weight is 483 g/mol. The molecule has 4 rings (SSSR count). The van der Waals surface area contributed by atoms with Crippen molar-refractivity contribution in [3.8, 4) is 11.5 Å². The maximum Gasteiger partial charge on any atom is 0.409 e. The second-order valence-electron chi connectivity index (χ2n) is 8.20. The first-order valence-electron chi connectivity index (χ1n) is 11.2. The molecule has 0 unspecified atom stereocenters. The highest BCUT2D eigenvalue weighted by molar-refractivity contribution is 7.86. The van der Waals surface area contributed by atoms with Crippen molar-refractivity contribution in [1.82, 2.24) is 18.8 Å². The first-order chi connectivity index (χ1) is 15.9. The van der Waals surface area contributed by atoms with Crippen LogP contribution in [-0.2, 0) is 26.3 Å². The van der Waals surface area contributed by atoms with Crippen molar-refractivity contribution in [2.24, 2.45) is 5.92 Å². The van der Waals surface area contributed by atoms with Crippen LogP contribution < -0.4 is 14.8 Å². The van der Waals surface area contributed by atoms with Crippen LogP contribution >= 0.6 is 0 Å². The second-order valence-corrected chi connectivity index (χ2v) is 10.1. The lowest BCUT2D eigenvalue weighted by Crippen LogP contribution is -2.56. The van der Waals surface area contributed by atoms with Gasteiger partial charge in [-0.1, -0.05) is 6.07 Å². The molecule has 0 bridgehead atoms. The lowest BCUT2D eigenvalue weighted by Gasteiger charge is -2.38. The van der Waals surface area contributed by atoms with Gasteiger partial charge in [-0.05, 0) is 37.5 Å². The van der Waals surface area contributed by atoms with Gasteiger partial charge in [0.15, 0.2) is 11.5 Å². The smallest absolute Gasteiger partial charge is 0.409 e. The van der Waals surface area contributed by atoms with Gasteiger partial charge < -0.3 is 24.4 Å². The van der Waals surface area contributed by atoms with E-state index in [2.05, 4.69) is 5.32 Å². The highest BCUT2D eigenvalue weighted by Crippen LogP contribution is 2.32. The average Bonchev–Trinajstić information content (AvgIpc) is 3.31. The normalized spacial score (nSPS) is 21.6. The quantitative estimate of drug-likeness (QED) is 0.636. The fourth-order valence-electron chi connectivity index (χ4n) is 4.23. The molecule has 0 aliphatic carbocycles. The van der Waals surface area contributed by atoms with Gasteiger partial charge in [-0.25, -0.2) is 4.79 Å². The molecule has 1 aromatic carbocycles. The number of rotatable bonds is 6. The standard InChI is InChI=1S/C21H30N4O7S/c1-2-30-21(27)23-8-10-24(11-9-23)33(28,29)25-7-3-4-17(14-25)20(26)22-13-16-5-6-18-19(12-16)32-15-31-18/h5-6,12,17H,2-4,7-11,13-15H2,1H3,(H,22,26)/t17-/m1/s1. The largest absolute Gasteiger partial charge is 0.454 e. The van der Waals surface area contributed by atoms with Gasteiger partial charge in [0.05, 0.1) is 12.5 Å². The minimum atomic E-state index is -3.71. The van der Waals surface area contributed by atoms with Crippen molar-refractivity contribution in [1.29, 1.82) is 0 Å². The lowest BCUT2D eigenvalue weighted by atomic mass is 9.98. The summed E-state index contributed by atoms with van der Waals surface area (Å²) in [5.74, 6) is 0.754. The summed E-state index contributed by atoms with van der Waals surface area (Å²) in [7, 11) is -3.71. The van der Waals surface area contributed by atoms with Gasteiger partial charge in [0.1, 0.15) is 0 Å². The van der Waals surface area contributed by atoms with Gasteiger partial charge in [-0.15, -0.1) is 0 Å². The molecule has 1 atom stereocenters. The fourth-order valence-corrected chi connectivity index (χ4v) is 5.91. The molecule has 0 radical (unpaired) electrons. The van der Waals surface area contributed by atoms with Crippen molar-refractivity contribution in [2.45, 2.75) is 26.3 Å². The molecule has 2 amide bonds. The SMILES string of the molecule is CCOC(=O)N1CCN(S(=O)(=O)N2CCC[C@@H](C(=O)NCc3ccc4c(c3)OCO4)C2)CC1. The summed E-state index contributed by atoms with van der Waals surface area (Å²) in [6, 6.07) is 5.50. The molecule has 2 saturated heterocycles. The number of carbonyl (C=O) groups is 2. The third kappa shape index (κ3) is 5.33. The zero-order valence-electron chi connectivity index (χ0n) is 18.7. The summed E-state index contributed by atoms with van der Waals surface area (Å²) in [6.07, 6.45) is 0.825. The van der Waals surface area contributed by atoms with Crippen LogP contribution in [0.4, 0.5) is 4.79 Å². The summed E-state index contributed by atoms with van der Waals surface area (Å²) in [6.45, 7) is 4.04. The van der Waals surface area contributed by atoms with E-state index in [9.17, 15) is 18.0 Å². The van der Waals surface area contributed by atoms with E-state index in [4.69, 9.17) is 14.2 Å². The maximum atomic E-state index is 13.2. The zero-order chi connectivity index (χ0) is 23.4. The molecule has 11 nitrogen and oxygen atoms in total. The number of hydrogen-bond acceptors (Lipinski definition) is 7. The maximum absolute atomic E-state index is 13.2. The Balaban J connectivity index is 1.30. The summed E-state index contributed by atoms with van der Waals surface area (Å²) < 4.78 is 44.7. The van der Waals surface area contributed by atoms with Gasteiger partial charge in [0.2, 0.25) is 12.7 Å². The van der Waals surface area contributed by atoms with Crippen LogP contribution in [0.5, 0.6) is 11.5 Å². The van der Waals surface area contributed by atoms with Crippen molar-refractivity contribution in [3.05, 3.63) is 23.8 Å². The number of fused-ring (bicyclic) bond motifs is 1. The highest BCUT2D eigenvalue weighted by Gasteiger charge is 2.37. The molecule has 182 valence electrons. The van der Waals surface area contributed by atoms with Crippen LogP contribution in [0.2, 0.25) is 0 Å². The number of nitrogens with zero attached hydrogens (tertiary/aromatic N) is 3. The fraction of sp³-hybridized carbons (Fsp3) is 0.619. The number of piperidine rings is 1. The monoisotopic (exact) mass is 482 g/mol. The lowest BCUT2D eigenvalue weighted by molar-refractivity contribution is -0.126. The molecule has 33 heavy (non-hydrogen) atoms. The minimum Gasteiger partial charge on any atom is -0.454 e. The molecule has 3 heterocycles. The van der Waals surface area contributed by atoms with Crippen molar-refractivity contribution >= 4 is 22.2 Å². The van der Waals surface area contributed by atoms with E-state index in [1.807, 2.05) is 12.1 Å². The summed E-state index contributed by atoms with van der Waals surface area (Å²) in [5, 5.41) is 2.91. The van der Waals surface area contributed by atoms with Crippen molar-refractivity contribution in [3.63, 3.8) is 0 Å². The molecule has 0 aromatic heterocycles. The molecule has 1 N–H and O–H groups in total. The highest BCUT2D eigenvalue weighted by atomic mass is 32.2. The number of nitrogens with one attached hydrogen (secondary N) is 1. The third-order valence-electron chi connectivity index (χ3n) is 6.08. The van der Waals surface area contributed by atoms with E-state index in [1.54, 1.807) is 13.0 Å². The Kier molecular flexibility index (Phi) is 7.25. The Morgan fingerprint density at radius 2 is 1.85 bits per heavy atom. The Morgan fingerprint density at radius 1 is 1.09 bits per heavy atom. The van der Waals surface area contributed by atoms with Crippen LogP contribution in [0.25, 0.3) is 0 Å². The predicted molar refractivity (Wildman–Crippen MR) is 118 cm³/mol. The number of hydrogen-bond donors (Lipinski definition) is 1. The Bertz CT molecular complexity index is 979. The summed E-state index contributed by atoms with van der Waals surface area (Å²) in [4.78, 5) is 26.1. The second kappa shape index (κ2) is 10.1. The van der Waals surface area contributed by atoms with Crippen LogP contribution in [0, 0.1) is 5.92 Å². The minimum absolute atomic E-state index is 0.146. The van der Waals surface area contributed by atoms with Gasteiger partial charge in [0.25, 0.3) is 10.2 Å². The molecule has 1 aromatic rings. The molecule has 3 aliphatic rings.